The molecule has 0 atom stereocenters. The SMILES string of the molecule is [B]n1c(=O)[nH]c(=O)n(C)c1=O. The lowest BCUT2D eigenvalue weighted by atomic mass is 10.4. The Kier molecular flexibility index (Phi) is 1.56. The molecule has 6 nitrogen and oxygen atoms in total. The summed E-state index contributed by atoms with van der Waals surface area (Å²) in [5.74, 6) is 0. The van der Waals surface area contributed by atoms with Gasteiger partial charge in [0, 0.05) is 7.05 Å². The summed E-state index contributed by atoms with van der Waals surface area (Å²) in [6.45, 7) is 0. The second-order valence-electron chi connectivity index (χ2n) is 1.95. The quantitative estimate of drug-likeness (QED) is 0.408. The fourth-order valence-corrected chi connectivity index (χ4v) is 0.571. The van der Waals surface area contributed by atoms with Gasteiger partial charge >= 0.3 is 17.1 Å². The predicted molar refractivity (Wildman–Crippen MR) is 37.7 cm³/mol. The smallest absolute Gasteiger partial charge is 0.304 e. The van der Waals surface area contributed by atoms with Crippen LogP contribution in [0.25, 0.3) is 0 Å². The number of hydrogen-bond donors (Lipinski definition) is 1. The van der Waals surface area contributed by atoms with Gasteiger partial charge in [-0.3, -0.25) is 4.98 Å². The van der Waals surface area contributed by atoms with Gasteiger partial charge in [0.1, 0.15) is 0 Å². The lowest BCUT2D eigenvalue weighted by molar-refractivity contribution is 0.688. The highest BCUT2D eigenvalue weighted by atomic mass is 16.2. The largest absolute Gasteiger partial charge is 0.333 e. The van der Waals surface area contributed by atoms with Crippen LogP contribution in [-0.2, 0) is 7.05 Å². The third-order valence-electron chi connectivity index (χ3n) is 1.23. The average molecular weight is 153 g/mol. The lowest BCUT2D eigenvalue weighted by Crippen LogP contribution is -2.47. The summed E-state index contributed by atoms with van der Waals surface area (Å²) in [7, 11) is 6.16. The van der Waals surface area contributed by atoms with E-state index in [1.807, 2.05) is 4.98 Å². The molecule has 0 spiro atoms. The Bertz CT molecular complexity index is 402. The fourth-order valence-electron chi connectivity index (χ4n) is 0.571. The van der Waals surface area contributed by atoms with Crippen molar-refractivity contribution < 1.29 is 0 Å². The Balaban J connectivity index is 3.89. The highest BCUT2D eigenvalue weighted by molar-refractivity contribution is 6.06. The summed E-state index contributed by atoms with van der Waals surface area (Å²) >= 11 is 0. The van der Waals surface area contributed by atoms with E-state index >= 15 is 0 Å². The van der Waals surface area contributed by atoms with Crippen LogP contribution in [0.5, 0.6) is 0 Å². The van der Waals surface area contributed by atoms with Gasteiger partial charge in [-0.25, -0.2) is 19.0 Å². The van der Waals surface area contributed by atoms with Crippen LogP contribution in [0.3, 0.4) is 0 Å². The van der Waals surface area contributed by atoms with Gasteiger partial charge < -0.3 is 4.48 Å². The maximum Gasteiger partial charge on any atom is 0.333 e. The van der Waals surface area contributed by atoms with E-state index in [2.05, 4.69) is 0 Å². The molecule has 0 amide bonds. The zero-order valence-electron chi connectivity index (χ0n) is 5.70. The molecule has 1 rings (SSSR count). The zero-order chi connectivity index (χ0) is 8.59. The third kappa shape index (κ3) is 1.04. The highest BCUT2D eigenvalue weighted by Crippen LogP contribution is 1.50. The molecule has 0 fully saturated rings. The number of rotatable bonds is 0. The molecule has 11 heavy (non-hydrogen) atoms. The summed E-state index contributed by atoms with van der Waals surface area (Å²) < 4.78 is 1.02. The molecule has 0 aliphatic carbocycles. The first kappa shape index (κ1) is 7.58. The van der Waals surface area contributed by atoms with E-state index in [4.69, 9.17) is 7.98 Å². The standard InChI is InChI=1S/C4H4BN3O3/c1-7-2(9)6-3(10)8(5)4(7)11/h1H3,(H,6,9,10). The van der Waals surface area contributed by atoms with Crippen LogP contribution in [0.4, 0.5) is 0 Å². The summed E-state index contributed by atoms with van der Waals surface area (Å²) in [4.78, 5) is 33.9. The normalized spacial score (nSPS) is 9.91. The minimum atomic E-state index is -0.918. The molecule has 7 heteroatoms. The molecule has 2 radical (unpaired) electrons. The van der Waals surface area contributed by atoms with E-state index in [0.717, 1.165) is 0 Å². The first-order valence-electron chi connectivity index (χ1n) is 2.71. The summed E-state index contributed by atoms with van der Waals surface area (Å²) in [5, 5.41) is 0. The molecular formula is C4H4BN3O3. The van der Waals surface area contributed by atoms with Crippen molar-refractivity contribution in [2.45, 2.75) is 0 Å². The van der Waals surface area contributed by atoms with Crippen LogP contribution in [0.15, 0.2) is 14.4 Å². The number of aromatic amines is 1. The molecule has 0 aliphatic rings. The number of hydrogen-bond acceptors (Lipinski definition) is 3. The van der Waals surface area contributed by atoms with E-state index < -0.39 is 17.1 Å². The van der Waals surface area contributed by atoms with Crippen LogP contribution in [0.2, 0.25) is 0 Å². The Morgan fingerprint density at radius 2 is 1.82 bits per heavy atom. The van der Waals surface area contributed by atoms with Crippen LogP contribution < -0.4 is 17.1 Å². The van der Waals surface area contributed by atoms with Crippen molar-refractivity contribution in [3.63, 3.8) is 0 Å². The zero-order valence-corrected chi connectivity index (χ0v) is 5.70. The second-order valence-corrected chi connectivity index (χ2v) is 1.95. The minimum Gasteiger partial charge on any atom is -0.304 e. The van der Waals surface area contributed by atoms with E-state index in [1.54, 1.807) is 0 Å². The highest BCUT2D eigenvalue weighted by Gasteiger charge is 1.99. The number of nitrogens with one attached hydrogen (secondary N) is 1. The van der Waals surface area contributed by atoms with Crippen molar-refractivity contribution in [2.75, 3.05) is 0 Å². The Morgan fingerprint density at radius 3 is 2.36 bits per heavy atom. The Hall–Kier alpha value is -1.53. The van der Waals surface area contributed by atoms with Gasteiger partial charge in [-0.1, -0.05) is 0 Å². The summed E-state index contributed by atoms with van der Waals surface area (Å²) in [5.41, 5.74) is -2.54. The van der Waals surface area contributed by atoms with Gasteiger partial charge in [0.05, 0.1) is 0 Å². The van der Waals surface area contributed by atoms with Crippen LogP contribution in [-0.4, -0.2) is 22.0 Å². The van der Waals surface area contributed by atoms with Crippen molar-refractivity contribution in [3.8, 4) is 0 Å². The van der Waals surface area contributed by atoms with Gasteiger partial charge in [0.15, 0.2) is 0 Å². The van der Waals surface area contributed by atoms with Crippen LogP contribution in [0, 0.1) is 0 Å². The van der Waals surface area contributed by atoms with E-state index in [9.17, 15) is 14.4 Å². The molecular weight excluding hydrogens is 149 g/mol. The number of H-pyrrole nitrogens is 1. The number of aromatic nitrogens is 3. The number of nitrogens with zero attached hydrogens (tertiary/aromatic N) is 2. The van der Waals surface area contributed by atoms with Crippen molar-refractivity contribution in [1.29, 1.82) is 0 Å². The molecule has 0 saturated heterocycles. The third-order valence-corrected chi connectivity index (χ3v) is 1.23. The molecule has 1 aromatic rings. The summed E-state index contributed by atoms with van der Waals surface area (Å²) in [6, 6.07) is 0. The van der Waals surface area contributed by atoms with Gasteiger partial charge in [0.2, 0.25) is 7.98 Å². The maximum absolute atomic E-state index is 10.8. The first-order chi connectivity index (χ1) is 5.04. The van der Waals surface area contributed by atoms with E-state index in [1.165, 1.54) is 7.05 Å². The Morgan fingerprint density at radius 1 is 1.27 bits per heavy atom. The molecule has 0 unspecified atom stereocenters. The molecule has 1 heterocycles. The predicted octanol–water partition coefficient (Wildman–Crippen LogP) is -2.83. The minimum absolute atomic E-state index is 0.321. The Labute approximate surface area is 61.5 Å². The molecule has 1 aromatic heterocycles. The van der Waals surface area contributed by atoms with Gasteiger partial charge in [0.25, 0.3) is 0 Å². The van der Waals surface area contributed by atoms with Crippen LogP contribution >= 0.6 is 0 Å². The molecule has 1 N–H and O–H groups in total. The van der Waals surface area contributed by atoms with Gasteiger partial charge in [-0.2, -0.15) is 0 Å². The monoisotopic (exact) mass is 153 g/mol. The first-order valence-corrected chi connectivity index (χ1v) is 2.71. The molecule has 0 saturated carbocycles. The van der Waals surface area contributed by atoms with E-state index in [0.29, 0.717) is 9.05 Å². The van der Waals surface area contributed by atoms with Crippen molar-refractivity contribution >= 4 is 7.98 Å². The van der Waals surface area contributed by atoms with Gasteiger partial charge in [-0.15, -0.1) is 0 Å². The average Bonchev–Trinajstić information content (AvgIpc) is 1.97. The molecule has 56 valence electrons. The van der Waals surface area contributed by atoms with Crippen molar-refractivity contribution in [1.82, 2.24) is 14.0 Å². The van der Waals surface area contributed by atoms with Crippen molar-refractivity contribution in [3.05, 3.63) is 31.5 Å². The van der Waals surface area contributed by atoms with Crippen LogP contribution in [0.1, 0.15) is 0 Å². The fraction of sp³-hybridized carbons (Fsp3) is 0.250. The molecule has 0 aliphatic heterocycles. The topological polar surface area (TPSA) is 76.9 Å². The second kappa shape index (κ2) is 2.26. The lowest BCUT2D eigenvalue weighted by Gasteiger charge is -1.97. The summed E-state index contributed by atoms with van der Waals surface area (Å²) in [6.07, 6.45) is 0. The molecule has 0 aromatic carbocycles. The van der Waals surface area contributed by atoms with E-state index in [-0.39, 0.29) is 0 Å². The molecule has 0 bridgehead atoms. The van der Waals surface area contributed by atoms with Gasteiger partial charge in [-0.05, 0) is 0 Å². The maximum atomic E-state index is 10.8. The van der Waals surface area contributed by atoms with Crippen molar-refractivity contribution in [2.24, 2.45) is 7.05 Å².